The number of aromatic nitrogens is 2. The molecule has 0 aliphatic carbocycles. The zero-order valence-electron chi connectivity index (χ0n) is 10.1. The first-order valence-corrected chi connectivity index (χ1v) is 7.08. The topological polar surface area (TPSA) is 170 Å². The maximum Gasteiger partial charge on any atom is 0.350 e. The number of H-pyrrole nitrogens is 1. The molecule has 3 N–H and O–H groups in total. The lowest BCUT2D eigenvalue weighted by atomic mass is 10.3. The third-order valence-electron chi connectivity index (χ3n) is 2.09. The van der Waals surface area contributed by atoms with Gasteiger partial charge in [-0.3, -0.25) is 14.3 Å². The fourth-order valence-corrected chi connectivity index (χ4v) is 1.66. The minimum atomic E-state index is -4.31. The van der Waals surface area contributed by atoms with Crippen LogP contribution in [0.2, 0.25) is 0 Å². The van der Waals surface area contributed by atoms with Crippen LogP contribution in [0.5, 0.6) is 0 Å². The molecular weight excluding hydrogens is 293 g/mol. The van der Waals surface area contributed by atoms with Crippen molar-refractivity contribution in [3.63, 3.8) is 0 Å². The molecular formula is C8H12N5O6P. The molecule has 1 aromatic heterocycles. The third-order valence-corrected chi connectivity index (χ3v) is 2.61. The lowest BCUT2D eigenvalue weighted by molar-refractivity contribution is 0.138. The molecule has 0 amide bonds. The van der Waals surface area contributed by atoms with Crippen molar-refractivity contribution in [3.05, 3.63) is 43.5 Å². The summed E-state index contributed by atoms with van der Waals surface area (Å²) >= 11 is 0. The van der Waals surface area contributed by atoms with Crippen molar-refractivity contribution >= 4 is 7.60 Å². The van der Waals surface area contributed by atoms with Gasteiger partial charge >= 0.3 is 13.3 Å². The molecule has 1 heterocycles. The van der Waals surface area contributed by atoms with Crippen molar-refractivity contribution in [1.29, 1.82) is 0 Å². The molecule has 0 saturated heterocycles. The molecule has 1 atom stereocenters. The van der Waals surface area contributed by atoms with Gasteiger partial charge in [-0.05, 0) is 5.53 Å². The molecule has 1 rings (SSSR count). The van der Waals surface area contributed by atoms with E-state index in [0.717, 1.165) is 10.6 Å². The van der Waals surface area contributed by atoms with Crippen LogP contribution in [0.4, 0.5) is 0 Å². The molecule has 20 heavy (non-hydrogen) atoms. The smallest absolute Gasteiger partial charge is 0.350 e. The van der Waals surface area contributed by atoms with E-state index in [1.165, 1.54) is 6.20 Å². The van der Waals surface area contributed by atoms with Crippen molar-refractivity contribution in [2.45, 2.75) is 12.6 Å². The zero-order valence-corrected chi connectivity index (χ0v) is 11.0. The van der Waals surface area contributed by atoms with Gasteiger partial charge in [0.25, 0.3) is 5.56 Å². The number of azide groups is 1. The standard InChI is InChI=1S/C8H12N5O6P/c9-12-11-6(4-19-5-20(16,17)18)3-13-2-1-7(14)10-8(13)15/h1-2,6H,3-5H2,(H,10,14,15)(H2,16,17,18). The summed E-state index contributed by atoms with van der Waals surface area (Å²) in [5.74, 6) is 0. The van der Waals surface area contributed by atoms with Crippen LogP contribution >= 0.6 is 7.60 Å². The van der Waals surface area contributed by atoms with Crippen LogP contribution in [-0.2, 0) is 15.8 Å². The predicted octanol–water partition coefficient (Wildman–Crippen LogP) is -0.633. The van der Waals surface area contributed by atoms with Gasteiger partial charge in [0.05, 0.1) is 12.6 Å². The van der Waals surface area contributed by atoms with Crippen LogP contribution < -0.4 is 11.2 Å². The number of nitrogens with zero attached hydrogens (tertiary/aromatic N) is 4. The monoisotopic (exact) mass is 305 g/mol. The Labute approximate surface area is 111 Å². The molecule has 0 fully saturated rings. The van der Waals surface area contributed by atoms with Gasteiger partial charge in [-0.2, -0.15) is 0 Å². The Morgan fingerprint density at radius 2 is 2.25 bits per heavy atom. The molecule has 0 spiro atoms. The number of hydrogen-bond donors (Lipinski definition) is 3. The number of aromatic amines is 1. The van der Waals surface area contributed by atoms with Crippen molar-refractivity contribution < 1.29 is 19.1 Å². The number of nitrogens with one attached hydrogen (secondary N) is 1. The van der Waals surface area contributed by atoms with Crippen LogP contribution in [0.25, 0.3) is 10.4 Å². The third kappa shape index (κ3) is 5.83. The molecule has 0 aliphatic rings. The summed E-state index contributed by atoms with van der Waals surface area (Å²) in [5, 5.41) is 3.35. The highest BCUT2D eigenvalue weighted by Gasteiger charge is 2.15. The maximum absolute atomic E-state index is 11.4. The van der Waals surface area contributed by atoms with Crippen molar-refractivity contribution in [2.75, 3.05) is 13.0 Å². The van der Waals surface area contributed by atoms with Crippen LogP contribution in [-0.4, -0.2) is 38.3 Å². The van der Waals surface area contributed by atoms with E-state index in [2.05, 4.69) is 10.0 Å². The van der Waals surface area contributed by atoms with Crippen molar-refractivity contribution in [2.24, 2.45) is 5.11 Å². The predicted molar refractivity (Wildman–Crippen MR) is 67.1 cm³/mol. The Kier molecular flexibility index (Phi) is 5.68. The molecule has 11 nitrogen and oxygen atoms in total. The molecule has 1 aromatic rings. The summed E-state index contributed by atoms with van der Waals surface area (Å²) in [5.41, 5.74) is 7.14. The number of hydrogen-bond acceptors (Lipinski definition) is 5. The van der Waals surface area contributed by atoms with E-state index in [-0.39, 0.29) is 13.2 Å². The summed E-state index contributed by atoms with van der Waals surface area (Å²) in [4.78, 5) is 44.1. The fourth-order valence-electron chi connectivity index (χ4n) is 1.32. The first-order valence-electron chi connectivity index (χ1n) is 5.28. The van der Waals surface area contributed by atoms with E-state index in [9.17, 15) is 14.2 Å². The lowest BCUT2D eigenvalue weighted by Crippen LogP contribution is -2.33. The Bertz CT molecular complexity index is 656. The fraction of sp³-hybridized carbons (Fsp3) is 0.500. The van der Waals surface area contributed by atoms with Crippen LogP contribution in [0, 0.1) is 0 Å². The molecule has 1 unspecified atom stereocenters. The molecule has 0 bridgehead atoms. The second-order valence-corrected chi connectivity index (χ2v) is 5.37. The molecule has 12 heteroatoms. The van der Waals surface area contributed by atoms with Gasteiger partial charge in [0.2, 0.25) is 0 Å². The molecule has 0 aromatic carbocycles. The first-order chi connectivity index (χ1) is 9.31. The number of rotatable bonds is 7. The summed E-state index contributed by atoms with van der Waals surface area (Å²) in [6, 6.07) is 0.264. The quantitative estimate of drug-likeness (QED) is 0.262. The van der Waals surface area contributed by atoms with Gasteiger partial charge in [0.15, 0.2) is 0 Å². The van der Waals surface area contributed by atoms with E-state index < -0.39 is 31.2 Å². The largest absolute Gasteiger partial charge is 0.368 e. The van der Waals surface area contributed by atoms with E-state index in [4.69, 9.17) is 20.1 Å². The van der Waals surface area contributed by atoms with Gasteiger partial charge in [-0.15, -0.1) is 0 Å². The van der Waals surface area contributed by atoms with Crippen LogP contribution in [0.3, 0.4) is 0 Å². The van der Waals surface area contributed by atoms with Gasteiger partial charge in [0, 0.05) is 23.7 Å². The van der Waals surface area contributed by atoms with Crippen molar-refractivity contribution in [1.82, 2.24) is 9.55 Å². The zero-order chi connectivity index (χ0) is 15.2. The van der Waals surface area contributed by atoms with Gasteiger partial charge in [-0.1, -0.05) is 5.11 Å². The van der Waals surface area contributed by atoms with E-state index in [1.54, 1.807) is 0 Å². The second kappa shape index (κ2) is 7.04. The highest BCUT2D eigenvalue weighted by molar-refractivity contribution is 7.51. The minimum absolute atomic E-state index is 0.0964. The summed E-state index contributed by atoms with van der Waals surface area (Å²) in [6.07, 6.45) is 0.398. The minimum Gasteiger partial charge on any atom is -0.368 e. The highest BCUT2D eigenvalue weighted by Crippen LogP contribution is 2.33. The summed E-state index contributed by atoms with van der Waals surface area (Å²) < 4.78 is 16.4. The molecule has 0 aliphatic heterocycles. The SMILES string of the molecule is [N-]=[N+]=NC(COCP(=O)(O)O)Cn1ccc(=O)[nH]c1=O. The Hall–Kier alpha value is -1.90. The Morgan fingerprint density at radius 3 is 2.80 bits per heavy atom. The maximum atomic E-state index is 11.4. The molecule has 0 saturated carbocycles. The molecule has 110 valence electrons. The average molecular weight is 305 g/mol. The Morgan fingerprint density at radius 1 is 1.55 bits per heavy atom. The molecule has 0 radical (unpaired) electrons. The van der Waals surface area contributed by atoms with Gasteiger partial charge in [0.1, 0.15) is 6.35 Å². The normalized spacial score (nSPS) is 12.7. The first kappa shape index (κ1) is 16.2. The second-order valence-electron chi connectivity index (χ2n) is 3.79. The average Bonchev–Trinajstić information content (AvgIpc) is 2.31. The summed E-state index contributed by atoms with van der Waals surface area (Å²) in [7, 11) is -4.31. The van der Waals surface area contributed by atoms with E-state index >= 15 is 0 Å². The number of ether oxygens (including phenoxy) is 1. The van der Waals surface area contributed by atoms with Gasteiger partial charge in [-0.25, -0.2) is 4.79 Å². The van der Waals surface area contributed by atoms with Crippen LogP contribution in [0.15, 0.2) is 27.0 Å². The van der Waals surface area contributed by atoms with Crippen molar-refractivity contribution in [3.8, 4) is 0 Å². The van der Waals surface area contributed by atoms with Crippen LogP contribution in [0.1, 0.15) is 0 Å². The van der Waals surface area contributed by atoms with Gasteiger partial charge < -0.3 is 19.1 Å². The Balaban J connectivity index is 2.72. The highest BCUT2D eigenvalue weighted by atomic mass is 31.2. The van der Waals surface area contributed by atoms with E-state index in [1.807, 2.05) is 4.98 Å². The van der Waals surface area contributed by atoms with E-state index in [0.29, 0.717) is 0 Å². The summed E-state index contributed by atoms with van der Waals surface area (Å²) in [6.45, 7) is -0.373. The lowest BCUT2D eigenvalue weighted by Gasteiger charge is -2.13.